The first-order valence-corrected chi connectivity index (χ1v) is 9.10. The summed E-state index contributed by atoms with van der Waals surface area (Å²) in [6.07, 6.45) is 3.14. The molecule has 118 valence electrons. The number of aryl methyl sites for hydroxylation is 2. The Kier molecular flexibility index (Phi) is 3.90. The molecule has 0 spiro atoms. The van der Waals surface area contributed by atoms with E-state index in [9.17, 15) is 8.42 Å². The molecule has 0 unspecified atom stereocenters. The summed E-state index contributed by atoms with van der Waals surface area (Å²) in [6, 6.07) is 7.26. The summed E-state index contributed by atoms with van der Waals surface area (Å²) in [5.41, 5.74) is 1.23. The van der Waals surface area contributed by atoms with Crippen LogP contribution < -0.4 is 4.72 Å². The molecule has 3 rings (SSSR count). The lowest BCUT2D eigenvalue weighted by Crippen LogP contribution is -2.27. The molecule has 1 aromatic heterocycles. The van der Waals surface area contributed by atoms with Gasteiger partial charge in [0.1, 0.15) is 11.6 Å². The highest BCUT2D eigenvalue weighted by molar-refractivity contribution is 7.92. The number of sulfonamides is 1. The number of nitrogens with zero attached hydrogens (tertiary/aromatic N) is 3. The number of aromatic nitrogens is 3. The minimum atomic E-state index is -3.34. The molecule has 0 atom stereocenters. The summed E-state index contributed by atoms with van der Waals surface area (Å²) in [4.78, 5) is 4.27. The second kappa shape index (κ2) is 5.72. The standard InChI is InChI=1S/C15H20N4O2S/c1-11-16-12(2)19(17-11)15-9-4-3-8-14(15)18-22(20,21)10-13-6-5-7-13/h3-4,8-9,13,18H,5-7,10H2,1-2H3. The molecule has 22 heavy (non-hydrogen) atoms. The van der Waals surface area contributed by atoms with E-state index in [-0.39, 0.29) is 5.75 Å². The zero-order valence-corrected chi connectivity index (χ0v) is 13.6. The zero-order chi connectivity index (χ0) is 15.7. The Labute approximate surface area is 130 Å². The number of rotatable bonds is 5. The van der Waals surface area contributed by atoms with Crippen molar-refractivity contribution >= 4 is 15.7 Å². The van der Waals surface area contributed by atoms with Gasteiger partial charge in [-0.25, -0.2) is 18.1 Å². The quantitative estimate of drug-likeness (QED) is 0.918. The average Bonchev–Trinajstić information content (AvgIpc) is 2.73. The Balaban J connectivity index is 1.89. The summed E-state index contributed by atoms with van der Waals surface area (Å²) in [6.45, 7) is 3.66. The minimum absolute atomic E-state index is 0.191. The maximum absolute atomic E-state index is 12.3. The summed E-state index contributed by atoms with van der Waals surface area (Å²) in [7, 11) is -3.34. The second-order valence-electron chi connectivity index (χ2n) is 5.82. The molecule has 1 N–H and O–H groups in total. The molecule has 1 aliphatic carbocycles. The summed E-state index contributed by atoms with van der Waals surface area (Å²) < 4.78 is 29.0. The highest BCUT2D eigenvalue weighted by Gasteiger charge is 2.25. The first-order chi connectivity index (χ1) is 10.4. The van der Waals surface area contributed by atoms with Crippen LogP contribution in [0.2, 0.25) is 0 Å². The SMILES string of the molecule is Cc1nc(C)n(-c2ccccc2NS(=O)(=O)CC2CCC2)n1. The molecule has 1 aliphatic rings. The van der Waals surface area contributed by atoms with Gasteiger partial charge >= 0.3 is 0 Å². The number of hydrogen-bond donors (Lipinski definition) is 1. The van der Waals surface area contributed by atoms with E-state index in [1.807, 2.05) is 32.0 Å². The summed E-state index contributed by atoms with van der Waals surface area (Å²) >= 11 is 0. The van der Waals surface area contributed by atoms with Crippen molar-refractivity contribution in [2.24, 2.45) is 5.92 Å². The molecule has 1 heterocycles. The van der Waals surface area contributed by atoms with E-state index in [1.165, 1.54) is 0 Å². The van der Waals surface area contributed by atoms with Gasteiger partial charge in [-0.05, 0) is 44.7 Å². The fraction of sp³-hybridized carbons (Fsp3) is 0.467. The van der Waals surface area contributed by atoms with Gasteiger partial charge in [-0.3, -0.25) is 4.72 Å². The van der Waals surface area contributed by atoms with Crippen LogP contribution in [0.4, 0.5) is 5.69 Å². The Morgan fingerprint density at radius 3 is 2.59 bits per heavy atom. The van der Waals surface area contributed by atoms with E-state index in [4.69, 9.17) is 0 Å². The van der Waals surface area contributed by atoms with Gasteiger partial charge in [0.25, 0.3) is 0 Å². The number of benzene rings is 1. The van der Waals surface area contributed by atoms with Gasteiger partial charge in [-0.1, -0.05) is 18.6 Å². The summed E-state index contributed by atoms with van der Waals surface area (Å²) in [5, 5.41) is 4.33. The summed E-state index contributed by atoms with van der Waals surface area (Å²) in [5.74, 6) is 1.87. The van der Waals surface area contributed by atoms with Gasteiger partial charge in [0.2, 0.25) is 10.0 Å². The first-order valence-electron chi connectivity index (χ1n) is 7.45. The maximum atomic E-state index is 12.3. The topological polar surface area (TPSA) is 76.9 Å². The molecule has 0 saturated heterocycles. The van der Waals surface area contributed by atoms with Crippen molar-refractivity contribution in [3.05, 3.63) is 35.9 Å². The Hall–Kier alpha value is -1.89. The Morgan fingerprint density at radius 2 is 2.00 bits per heavy atom. The third kappa shape index (κ3) is 3.14. The van der Waals surface area contributed by atoms with E-state index in [0.717, 1.165) is 25.1 Å². The van der Waals surface area contributed by atoms with Gasteiger partial charge in [-0.15, -0.1) is 0 Å². The lowest BCUT2D eigenvalue weighted by atomic mass is 9.87. The van der Waals surface area contributed by atoms with Crippen LogP contribution in [0.15, 0.2) is 24.3 Å². The van der Waals surface area contributed by atoms with Gasteiger partial charge in [0.05, 0.1) is 17.1 Å². The highest BCUT2D eigenvalue weighted by Crippen LogP contribution is 2.29. The Morgan fingerprint density at radius 1 is 1.27 bits per heavy atom. The molecule has 2 aromatic rings. The van der Waals surface area contributed by atoms with Crippen molar-refractivity contribution in [1.29, 1.82) is 0 Å². The Bertz CT molecular complexity index is 779. The molecule has 1 saturated carbocycles. The van der Waals surface area contributed by atoms with Crippen LogP contribution in [-0.2, 0) is 10.0 Å². The fourth-order valence-corrected chi connectivity index (χ4v) is 4.22. The zero-order valence-electron chi connectivity index (χ0n) is 12.8. The van der Waals surface area contributed by atoms with E-state index in [1.54, 1.807) is 10.7 Å². The molecule has 0 aliphatic heterocycles. The normalized spacial score (nSPS) is 15.5. The fourth-order valence-electron chi connectivity index (χ4n) is 2.67. The van der Waals surface area contributed by atoms with Crippen molar-refractivity contribution in [3.8, 4) is 5.69 Å². The van der Waals surface area contributed by atoms with E-state index < -0.39 is 10.0 Å². The monoisotopic (exact) mass is 320 g/mol. The van der Waals surface area contributed by atoms with Gasteiger partial charge in [0.15, 0.2) is 0 Å². The van der Waals surface area contributed by atoms with E-state index in [2.05, 4.69) is 14.8 Å². The number of anilines is 1. The number of para-hydroxylation sites is 2. The van der Waals surface area contributed by atoms with Crippen molar-refractivity contribution in [2.75, 3.05) is 10.5 Å². The van der Waals surface area contributed by atoms with Gasteiger partial charge < -0.3 is 0 Å². The van der Waals surface area contributed by atoms with Crippen LogP contribution in [0.5, 0.6) is 0 Å². The van der Waals surface area contributed by atoms with Crippen LogP contribution in [0.1, 0.15) is 30.9 Å². The smallest absolute Gasteiger partial charge is 0.233 e. The molecular weight excluding hydrogens is 300 g/mol. The largest absolute Gasteiger partial charge is 0.281 e. The lowest BCUT2D eigenvalue weighted by Gasteiger charge is -2.25. The second-order valence-corrected chi connectivity index (χ2v) is 7.58. The van der Waals surface area contributed by atoms with Gasteiger partial charge in [-0.2, -0.15) is 5.10 Å². The molecule has 7 heteroatoms. The third-order valence-corrected chi connectivity index (χ3v) is 5.39. The number of hydrogen-bond acceptors (Lipinski definition) is 4. The molecule has 1 fully saturated rings. The maximum Gasteiger partial charge on any atom is 0.233 e. The lowest BCUT2D eigenvalue weighted by molar-refractivity contribution is 0.347. The highest BCUT2D eigenvalue weighted by atomic mass is 32.2. The van der Waals surface area contributed by atoms with Crippen LogP contribution in [0.25, 0.3) is 5.69 Å². The van der Waals surface area contributed by atoms with Crippen molar-refractivity contribution in [2.45, 2.75) is 33.1 Å². The van der Waals surface area contributed by atoms with Crippen molar-refractivity contribution in [1.82, 2.24) is 14.8 Å². The predicted molar refractivity (Wildman–Crippen MR) is 85.6 cm³/mol. The van der Waals surface area contributed by atoms with E-state index in [0.29, 0.717) is 23.1 Å². The molecular formula is C15H20N4O2S. The molecule has 0 radical (unpaired) electrons. The molecule has 0 amide bonds. The van der Waals surface area contributed by atoms with Crippen LogP contribution >= 0.6 is 0 Å². The van der Waals surface area contributed by atoms with Crippen molar-refractivity contribution in [3.63, 3.8) is 0 Å². The van der Waals surface area contributed by atoms with Crippen LogP contribution in [0, 0.1) is 19.8 Å². The average molecular weight is 320 g/mol. The van der Waals surface area contributed by atoms with Crippen LogP contribution in [-0.4, -0.2) is 28.9 Å². The van der Waals surface area contributed by atoms with Gasteiger partial charge in [0, 0.05) is 0 Å². The molecule has 6 nitrogen and oxygen atoms in total. The first kappa shape index (κ1) is 15.0. The molecule has 1 aromatic carbocycles. The predicted octanol–water partition coefficient (Wildman–Crippen LogP) is 2.43. The van der Waals surface area contributed by atoms with E-state index >= 15 is 0 Å². The van der Waals surface area contributed by atoms with Crippen LogP contribution in [0.3, 0.4) is 0 Å². The van der Waals surface area contributed by atoms with Crippen molar-refractivity contribution < 1.29 is 8.42 Å². The number of nitrogens with one attached hydrogen (secondary N) is 1. The molecule has 0 bridgehead atoms. The third-order valence-electron chi connectivity index (χ3n) is 3.95. The minimum Gasteiger partial charge on any atom is -0.281 e.